The normalized spacial score (nSPS) is 10.2. The van der Waals surface area contributed by atoms with Gasteiger partial charge in [-0.05, 0) is 6.92 Å². The van der Waals surface area contributed by atoms with E-state index in [4.69, 9.17) is 4.74 Å². The summed E-state index contributed by atoms with van der Waals surface area (Å²) in [5, 5.41) is 2.96. The molecule has 2 aromatic rings. The second-order valence-corrected chi connectivity index (χ2v) is 5.30. The Morgan fingerprint density at radius 3 is 2.67 bits per heavy atom. The lowest BCUT2D eigenvalue weighted by molar-refractivity contribution is -0.113. The molecule has 0 atom stereocenters. The number of aromatic nitrogens is 1. The molecule has 1 aromatic heterocycles. The molecule has 0 saturated carbocycles. The summed E-state index contributed by atoms with van der Waals surface area (Å²) in [4.78, 5) is 28.1. The van der Waals surface area contributed by atoms with Crippen LogP contribution in [0, 0.1) is 0 Å². The Labute approximate surface area is 131 Å². The fourth-order valence-corrected chi connectivity index (χ4v) is 2.64. The number of rotatable bonds is 5. The Bertz CT molecular complexity index is 641. The van der Waals surface area contributed by atoms with Gasteiger partial charge in [0.05, 0.1) is 18.1 Å². The average molecular weight is 322 g/mol. The molecule has 0 radical (unpaired) electrons. The molecule has 1 N–H and O–H groups in total. The van der Waals surface area contributed by atoms with Crippen LogP contribution in [-0.2, 0) is 9.53 Å². The highest BCUT2D eigenvalue weighted by atomic mass is 32.1. The molecule has 0 aliphatic rings. The molecule has 0 unspecified atom stereocenters. The molecule has 110 valence electrons. The highest BCUT2D eigenvalue weighted by Crippen LogP contribution is 2.31. The quantitative estimate of drug-likeness (QED) is 0.656. The Kier molecular flexibility index (Phi) is 5.35. The zero-order chi connectivity index (χ0) is 15.2. The Morgan fingerprint density at radius 1 is 1.33 bits per heavy atom. The summed E-state index contributed by atoms with van der Waals surface area (Å²) in [5.41, 5.74) is 1.30. The van der Waals surface area contributed by atoms with Crippen molar-refractivity contribution in [3.05, 3.63) is 35.2 Å². The summed E-state index contributed by atoms with van der Waals surface area (Å²) < 4.78 is 5.04. The van der Waals surface area contributed by atoms with Crippen molar-refractivity contribution in [2.45, 2.75) is 6.92 Å². The van der Waals surface area contributed by atoms with Crippen molar-refractivity contribution in [1.29, 1.82) is 0 Å². The van der Waals surface area contributed by atoms with Gasteiger partial charge in [0.15, 0.2) is 5.13 Å². The average Bonchev–Trinajstić information content (AvgIpc) is 2.92. The van der Waals surface area contributed by atoms with E-state index in [1.54, 1.807) is 6.92 Å². The van der Waals surface area contributed by atoms with Gasteiger partial charge in [0.1, 0.15) is 4.88 Å². The topological polar surface area (TPSA) is 68.3 Å². The monoisotopic (exact) mass is 322 g/mol. The van der Waals surface area contributed by atoms with Crippen LogP contribution in [0.1, 0.15) is 16.6 Å². The van der Waals surface area contributed by atoms with E-state index < -0.39 is 5.97 Å². The number of benzene rings is 1. The number of esters is 1. The predicted octanol–water partition coefficient (Wildman–Crippen LogP) is 2.86. The van der Waals surface area contributed by atoms with Crippen LogP contribution >= 0.6 is 24.0 Å². The Morgan fingerprint density at radius 2 is 2.05 bits per heavy atom. The lowest BCUT2D eigenvalue weighted by atomic mass is 10.1. The van der Waals surface area contributed by atoms with Gasteiger partial charge in [-0.15, -0.1) is 0 Å². The van der Waals surface area contributed by atoms with Crippen molar-refractivity contribution in [2.24, 2.45) is 0 Å². The van der Waals surface area contributed by atoms with Gasteiger partial charge in [-0.2, -0.15) is 12.6 Å². The van der Waals surface area contributed by atoms with E-state index in [1.807, 2.05) is 30.3 Å². The maximum absolute atomic E-state index is 12.0. The first-order valence-electron chi connectivity index (χ1n) is 6.29. The van der Waals surface area contributed by atoms with Gasteiger partial charge in [-0.25, -0.2) is 9.78 Å². The van der Waals surface area contributed by atoms with Crippen molar-refractivity contribution in [1.82, 2.24) is 4.98 Å². The van der Waals surface area contributed by atoms with Crippen LogP contribution in [0.5, 0.6) is 0 Å². The van der Waals surface area contributed by atoms with Crippen molar-refractivity contribution in [3.63, 3.8) is 0 Å². The molecule has 2 rings (SSSR count). The third-order valence-electron chi connectivity index (χ3n) is 2.53. The number of nitrogens with one attached hydrogen (secondary N) is 1. The van der Waals surface area contributed by atoms with Crippen LogP contribution in [0.25, 0.3) is 11.3 Å². The summed E-state index contributed by atoms with van der Waals surface area (Å²) >= 11 is 4.99. The number of thiazole rings is 1. The molecular weight excluding hydrogens is 308 g/mol. The Balaban J connectivity index is 2.41. The molecular formula is C14H14N2O3S2. The number of anilines is 1. The fourth-order valence-electron chi connectivity index (χ4n) is 1.66. The largest absolute Gasteiger partial charge is 0.462 e. The van der Waals surface area contributed by atoms with Crippen LogP contribution in [0.3, 0.4) is 0 Å². The molecule has 0 spiro atoms. The van der Waals surface area contributed by atoms with Gasteiger partial charge in [0.25, 0.3) is 0 Å². The molecule has 0 aliphatic carbocycles. The highest BCUT2D eigenvalue weighted by molar-refractivity contribution is 7.81. The number of hydrogen-bond donors (Lipinski definition) is 2. The first-order chi connectivity index (χ1) is 10.2. The number of amides is 1. The minimum Gasteiger partial charge on any atom is -0.462 e. The van der Waals surface area contributed by atoms with E-state index in [0.717, 1.165) is 16.9 Å². The van der Waals surface area contributed by atoms with Gasteiger partial charge in [-0.1, -0.05) is 41.7 Å². The number of ether oxygens (including phenoxy) is 1. The summed E-state index contributed by atoms with van der Waals surface area (Å²) in [5.74, 6) is -0.669. The second-order valence-electron chi connectivity index (χ2n) is 3.99. The highest BCUT2D eigenvalue weighted by Gasteiger charge is 2.21. The fraction of sp³-hybridized carbons (Fsp3) is 0.214. The van der Waals surface area contributed by atoms with Gasteiger partial charge >= 0.3 is 5.97 Å². The van der Waals surface area contributed by atoms with E-state index in [1.165, 1.54) is 0 Å². The molecule has 5 nitrogen and oxygen atoms in total. The molecule has 1 heterocycles. The predicted molar refractivity (Wildman–Crippen MR) is 86.0 cm³/mol. The van der Waals surface area contributed by atoms with Gasteiger partial charge in [0.2, 0.25) is 5.91 Å². The van der Waals surface area contributed by atoms with Crippen LogP contribution in [-0.4, -0.2) is 29.2 Å². The zero-order valence-corrected chi connectivity index (χ0v) is 13.0. The molecule has 0 bridgehead atoms. The van der Waals surface area contributed by atoms with Crippen molar-refractivity contribution < 1.29 is 14.3 Å². The number of nitrogens with zero attached hydrogens (tertiary/aromatic N) is 1. The number of carbonyl (C=O) groups excluding carboxylic acids is 2. The molecule has 0 fully saturated rings. The SMILES string of the molecule is CCOC(=O)c1sc(NC(=O)CS)nc1-c1ccccc1. The van der Waals surface area contributed by atoms with E-state index in [-0.39, 0.29) is 18.3 Å². The maximum Gasteiger partial charge on any atom is 0.350 e. The first kappa shape index (κ1) is 15.5. The van der Waals surface area contributed by atoms with E-state index in [0.29, 0.717) is 15.7 Å². The third-order valence-corrected chi connectivity index (χ3v) is 3.76. The molecule has 1 aromatic carbocycles. The van der Waals surface area contributed by atoms with E-state index in [2.05, 4.69) is 22.9 Å². The molecule has 1 amide bonds. The van der Waals surface area contributed by atoms with Gasteiger partial charge in [-0.3, -0.25) is 4.79 Å². The summed E-state index contributed by atoms with van der Waals surface area (Å²) in [6, 6.07) is 9.29. The van der Waals surface area contributed by atoms with Crippen LogP contribution in [0.4, 0.5) is 5.13 Å². The minimum absolute atomic E-state index is 0.0506. The minimum atomic E-state index is -0.444. The molecule has 0 aliphatic heterocycles. The van der Waals surface area contributed by atoms with E-state index >= 15 is 0 Å². The van der Waals surface area contributed by atoms with Crippen LogP contribution in [0.15, 0.2) is 30.3 Å². The maximum atomic E-state index is 12.0. The van der Waals surface area contributed by atoms with Crippen molar-refractivity contribution in [2.75, 3.05) is 17.7 Å². The first-order valence-corrected chi connectivity index (χ1v) is 7.74. The summed E-state index contributed by atoms with van der Waals surface area (Å²) in [6.45, 7) is 2.02. The number of carbonyl (C=O) groups is 2. The molecule has 7 heteroatoms. The van der Waals surface area contributed by atoms with E-state index in [9.17, 15) is 9.59 Å². The zero-order valence-electron chi connectivity index (χ0n) is 11.3. The standard InChI is InChI=1S/C14H14N2O3S2/c1-2-19-13(18)12-11(9-6-4-3-5-7-9)16-14(21-12)15-10(17)8-20/h3-7,20H,2,8H2,1H3,(H,15,16,17). The molecule has 0 saturated heterocycles. The van der Waals surface area contributed by atoms with Crippen molar-refractivity contribution >= 4 is 41.0 Å². The lowest BCUT2D eigenvalue weighted by Gasteiger charge is -2.01. The van der Waals surface area contributed by atoms with Crippen molar-refractivity contribution in [3.8, 4) is 11.3 Å². The molecule has 21 heavy (non-hydrogen) atoms. The number of hydrogen-bond acceptors (Lipinski definition) is 6. The van der Waals surface area contributed by atoms with Gasteiger partial charge < -0.3 is 10.1 Å². The smallest absolute Gasteiger partial charge is 0.350 e. The second kappa shape index (κ2) is 7.24. The number of thiol groups is 1. The summed E-state index contributed by atoms with van der Waals surface area (Å²) in [6.07, 6.45) is 0. The van der Waals surface area contributed by atoms with Gasteiger partial charge in [0, 0.05) is 5.56 Å². The third kappa shape index (κ3) is 3.83. The van der Waals surface area contributed by atoms with Crippen LogP contribution in [0.2, 0.25) is 0 Å². The lowest BCUT2D eigenvalue weighted by Crippen LogP contribution is -2.12. The van der Waals surface area contributed by atoms with Crippen LogP contribution < -0.4 is 5.32 Å². The Hall–Kier alpha value is -1.86. The summed E-state index contributed by atoms with van der Waals surface area (Å²) in [7, 11) is 0.